The number of nitrogens with two attached hydrogens (primary N) is 1. The Kier molecular flexibility index (Phi) is 4.69. The molecule has 1 aliphatic rings. The lowest BCUT2D eigenvalue weighted by Gasteiger charge is -2.42. The van der Waals surface area contributed by atoms with Gasteiger partial charge in [-0.15, -0.1) is 0 Å². The second-order valence-corrected chi connectivity index (χ2v) is 7.45. The number of carbonyl (C=O) groups excluding carboxylic acids is 2. The molecule has 116 valence electrons. The maximum Gasteiger partial charge on any atom is 0.408 e. The van der Waals surface area contributed by atoms with E-state index in [4.69, 9.17) is 10.5 Å². The Morgan fingerprint density at radius 2 is 1.70 bits per heavy atom. The van der Waals surface area contributed by atoms with Gasteiger partial charge in [-0.2, -0.15) is 0 Å². The summed E-state index contributed by atoms with van der Waals surface area (Å²) in [6.45, 7) is 12.2. The van der Waals surface area contributed by atoms with E-state index in [-0.39, 0.29) is 11.9 Å². The number of carbonyl (C=O) groups is 2. The summed E-state index contributed by atoms with van der Waals surface area (Å²) in [6.07, 6.45) is -0.574. The molecule has 0 saturated carbocycles. The van der Waals surface area contributed by atoms with Crippen LogP contribution in [-0.4, -0.2) is 47.7 Å². The molecule has 0 bridgehead atoms. The van der Waals surface area contributed by atoms with Crippen LogP contribution in [0.2, 0.25) is 0 Å². The van der Waals surface area contributed by atoms with Gasteiger partial charge in [-0.3, -0.25) is 4.79 Å². The normalized spacial score (nSPS) is 18.2. The second-order valence-electron chi connectivity index (χ2n) is 7.45. The lowest BCUT2D eigenvalue weighted by molar-refractivity contribution is -0.140. The molecule has 1 fully saturated rings. The highest BCUT2D eigenvalue weighted by molar-refractivity contribution is 5.87. The third-order valence-corrected chi connectivity index (χ3v) is 3.00. The zero-order valence-corrected chi connectivity index (χ0v) is 13.3. The number of nitrogens with zero attached hydrogens (tertiary/aromatic N) is 1. The number of ether oxygens (including phenoxy) is 1. The van der Waals surface area contributed by atoms with Crippen LogP contribution in [0.3, 0.4) is 0 Å². The number of hydrogen-bond donors (Lipinski definition) is 2. The first-order valence-electron chi connectivity index (χ1n) is 6.94. The predicted molar refractivity (Wildman–Crippen MR) is 77.2 cm³/mol. The fourth-order valence-electron chi connectivity index (χ4n) is 1.95. The van der Waals surface area contributed by atoms with Gasteiger partial charge in [0.05, 0.1) is 0 Å². The number of nitrogens with one attached hydrogen (secondary N) is 1. The van der Waals surface area contributed by atoms with Crippen molar-refractivity contribution < 1.29 is 14.3 Å². The minimum Gasteiger partial charge on any atom is -0.444 e. The van der Waals surface area contributed by atoms with Crippen molar-refractivity contribution in [1.82, 2.24) is 10.2 Å². The van der Waals surface area contributed by atoms with Crippen molar-refractivity contribution in [2.24, 2.45) is 11.1 Å². The van der Waals surface area contributed by atoms with Crippen LogP contribution in [-0.2, 0) is 9.53 Å². The summed E-state index contributed by atoms with van der Waals surface area (Å²) in [7, 11) is 0. The Balaban J connectivity index is 2.71. The summed E-state index contributed by atoms with van der Waals surface area (Å²) in [6, 6.07) is -0.578. The number of likely N-dealkylation sites (tertiary alicyclic amines) is 1. The Labute approximate surface area is 121 Å². The molecular weight excluding hydrogens is 258 g/mol. The van der Waals surface area contributed by atoms with Gasteiger partial charge in [-0.05, 0) is 26.2 Å². The van der Waals surface area contributed by atoms with E-state index in [1.54, 1.807) is 25.7 Å². The Morgan fingerprint density at radius 3 is 2.05 bits per heavy atom. The monoisotopic (exact) mass is 285 g/mol. The molecule has 0 radical (unpaired) electrons. The summed E-state index contributed by atoms with van der Waals surface area (Å²) in [4.78, 5) is 26.0. The molecule has 20 heavy (non-hydrogen) atoms. The first-order chi connectivity index (χ1) is 8.90. The maximum absolute atomic E-state index is 12.4. The lowest BCUT2D eigenvalue weighted by Crippen LogP contribution is -2.64. The molecular formula is C14H27N3O3. The van der Waals surface area contributed by atoms with E-state index in [1.807, 2.05) is 20.8 Å². The highest BCUT2D eigenvalue weighted by Crippen LogP contribution is 2.23. The van der Waals surface area contributed by atoms with Crippen molar-refractivity contribution in [2.75, 3.05) is 13.1 Å². The maximum atomic E-state index is 12.4. The molecule has 0 aromatic carbocycles. The fourth-order valence-corrected chi connectivity index (χ4v) is 1.95. The summed E-state index contributed by atoms with van der Waals surface area (Å²) >= 11 is 0. The van der Waals surface area contributed by atoms with Gasteiger partial charge in [0.25, 0.3) is 0 Å². The Bertz CT molecular complexity index is 376. The predicted octanol–water partition coefficient (Wildman–Crippen LogP) is 1.10. The van der Waals surface area contributed by atoms with Crippen LogP contribution in [0.25, 0.3) is 0 Å². The molecule has 1 rings (SSSR count). The molecule has 0 aromatic rings. The highest BCUT2D eigenvalue weighted by Gasteiger charge is 2.40. The summed E-state index contributed by atoms with van der Waals surface area (Å²) < 4.78 is 5.22. The van der Waals surface area contributed by atoms with Crippen LogP contribution in [0.5, 0.6) is 0 Å². The van der Waals surface area contributed by atoms with Crippen molar-refractivity contribution in [1.29, 1.82) is 0 Å². The van der Waals surface area contributed by atoms with Gasteiger partial charge in [0, 0.05) is 19.1 Å². The van der Waals surface area contributed by atoms with Gasteiger partial charge < -0.3 is 20.7 Å². The van der Waals surface area contributed by atoms with Gasteiger partial charge >= 0.3 is 6.09 Å². The molecule has 0 unspecified atom stereocenters. The first kappa shape index (κ1) is 16.8. The molecule has 6 nitrogen and oxygen atoms in total. The van der Waals surface area contributed by atoms with Gasteiger partial charge in [-0.25, -0.2) is 4.79 Å². The zero-order valence-electron chi connectivity index (χ0n) is 13.3. The van der Waals surface area contributed by atoms with E-state index in [9.17, 15) is 9.59 Å². The highest BCUT2D eigenvalue weighted by atomic mass is 16.6. The number of hydrogen-bond acceptors (Lipinski definition) is 4. The molecule has 1 saturated heterocycles. The van der Waals surface area contributed by atoms with Crippen LogP contribution in [0.15, 0.2) is 0 Å². The third kappa shape index (κ3) is 4.67. The molecule has 0 aromatic heterocycles. The van der Waals surface area contributed by atoms with Crippen LogP contribution in [0, 0.1) is 5.41 Å². The molecule has 3 N–H and O–H groups in total. The van der Waals surface area contributed by atoms with Crippen LogP contribution < -0.4 is 11.1 Å². The third-order valence-electron chi connectivity index (χ3n) is 3.00. The van der Waals surface area contributed by atoms with Crippen molar-refractivity contribution in [2.45, 2.75) is 59.2 Å². The van der Waals surface area contributed by atoms with Crippen LogP contribution >= 0.6 is 0 Å². The SMILES string of the molecule is CC(C)(C)OC(=O)N[C@@H](C(=O)N1CC(N)C1)C(C)(C)C. The summed E-state index contributed by atoms with van der Waals surface area (Å²) in [5.41, 5.74) is 4.71. The molecule has 0 aliphatic carbocycles. The van der Waals surface area contributed by atoms with E-state index in [1.165, 1.54) is 0 Å². The van der Waals surface area contributed by atoms with E-state index in [2.05, 4.69) is 5.32 Å². The van der Waals surface area contributed by atoms with Crippen molar-refractivity contribution >= 4 is 12.0 Å². The van der Waals surface area contributed by atoms with Crippen LogP contribution in [0.4, 0.5) is 4.79 Å². The van der Waals surface area contributed by atoms with E-state index >= 15 is 0 Å². The van der Waals surface area contributed by atoms with E-state index in [0.717, 1.165) is 0 Å². The zero-order chi connectivity index (χ0) is 15.7. The minimum absolute atomic E-state index is 0.0427. The summed E-state index contributed by atoms with van der Waals surface area (Å²) in [5, 5.41) is 2.68. The molecule has 2 amide bonds. The van der Waals surface area contributed by atoms with E-state index < -0.39 is 23.2 Å². The minimum atomic E-state index is -0.621. The van der Waals surface area contributed by atoms with Gasteiger partial charge in [-0.1, -0.05) is 20.8 Å². The van der Waals surface area contributed by atoms with Gasteiger partial charge in [0.2, 0.25) is 5.91 Å². The van der Waals surface area contributed by atoms with Gasteiger partial charge in [0.1, 0.15) is 11.6 Å². The molecule has 1 aliphatic heterocycles. The van der Waals surface area contributed by atoms with E-state index in [0.29, 0.717) is 13.1 Å². The lowest BCUT2D eigenvalue weighted by atomic mass is 9.85. The second kappa shape index (κ2) is 5.60. The molecule has 6 heteroatoms. The van der Waals surface area contributed by atoms with Gasteiger partial charge in [0.15, 0.2) is 0 Å². The number of amides is 2. The standard InChI is InChI=1S/C14H27N3O3/c1-13(2,3)10(11(18)17-7-9(15)8-17)16-12(19)20-14(4,5)6/h9-10H,7-8,15H2,1-6H3,(H,16,19)/t10-/m0/s1. The molecule has 0 spiro atoms. The average Bonchev–Trinajstić information content (AvgIpc) is 2.16. The Morgan fingerprint density at radius 1 is 1.20 bits per heavy atom. The number of alkyl carbamates (subject to hydrolysis) is 1. The summed E-state index contributed by atoms with van der Waals surface area (Å²) in [5.74, 6) is -0.106. The topological polar surface area (TPSA) is 84.7 Å². The fraction of sp³-hybridized carbons (Fsp3) is 0.857. The van der Waals surface area contributed by atoms with Crippen molar-refractivity contribution in [3.8, 4) is 0 Å². The van der Waals surface area contributed by atoms with Crippen molar-refractivity contribution in [3.05, 3.63) is 0 Å². The number of rotatable bonds is 2. The van der Waals surface area contributed by atoms with Crippen molar-refractivity contribution in [3.63, 3.8) is 0 Å². The molecule has 1 atom stereocenters. The first-order valence-corrected chi connectivity index (χ1v) is 6.94. The smallest absolute Gasteiger partial charge is 0.408 e. The van der Waals surface area contributed by atoms with Crippen LogP contribution in [0.1, 0.15) is 41.5 Å². The molecule has 1 heterocycles. The Hall–Kier alpha value is -1.30. The largest absolute Gasteiger partial charge is 0.444 e. The quantitative estimate of drug-likeness (QED) is 0.795. The average molecular weight is 285 g/mol.